The van der Waals surface area contributed by atoms with E-state index in [4.69, 9.17) is 5.11 Å². The Kier molecular flexibility index (Phi) is 2.84. The third-order valence-electron chi connectivity index (χ3n) is 2.97. The van der Waals surface area contributed by atoms with Crippen molar-refractivity contribution in [2.24, 2.45) is 0 Å². The van der Waals surface area contributed by atoms with Crippen molar-refractivity contribution in [2.75, 3.05) is 6.54 Å². The standard InChI is InChI=1S/C9H12N4O5S/c1-9(2)8(16)13(19(9,17)18)4-3-12-5-6(7(14)15)10-11-12/h5H,3-4H2,1-2H3,(H,14,15). The average molecular weight is 288 g/mol. The maximum atomic E-state index is 11.8. The van der Waals surface area contributed by atoms with Gasteiger partial charge in [-0.05, 0) is 13.8 Å². The molecule has 0 aliphatic carbocycles. The van der Waals surface area contributed by atoms with Crippen LogP contribution in [0.2, 0.25) is 0 Å². The largest absolute Gasteiger partial charge is 0.476 e. The lowest BCUT2D eigenvalue weighted by Crippen LogP contribution is -2.67. The topological polar surface area (TPSA) is 122 Å². The van der Waals surface area contributed by atoms with Crippen LogP contribution in [0.15, 0.2) is 6.20 Å². The van der Waals surface area contributed by atoms with Crippen LogP contribution in [0, 0.1) is 0 Å². The van der Waals surface area contributed by atoms with Crippen molar-refractivity contribution in [1.29, 1.82) is 0 Å². The molecule has 0 aromatic carbocycles. The number of nitrogens with zero attached hydrogens (tertiary/aromatic N) is 4. The molecule has 10 heteroatoms. The quantitative estimate of drug-likeness (QED) is 0.748. The number of carbonyl (C=O) groups is 2. The van der Waals surface area contributed by atoms with E-state index in [9.17, 15) is 18.0 Å². The number of carboxylic acid groups (broad SMARTS) is 1. The van der Waals surface area contributed by atoms with Gasteiger partial charge in [-0.3, -0.25) is 4.79 Å². The van der Waals surface area contributed by atoms with E-state index < -0.39 is 26.6 Å². The van der Waals surface area contributed by atoms with Crippen molar-refractivity contribution in [3.63, 3.8) is 0 Å². The smallest absolute Gasteiger partial charge is 0.358 e. The minimum absolute atomic E-state index is 0.0569. The Bertz CT molecular complexity index is 647. The Hall–Kier alpha value is -1.97. The summed E-state index contributed by atoms with van der Waals surface area (Å²) in [7, 11) is -3.62. The number of hydrogen-bond acceptors (Lipinski definition) is 6. The van der Waals surface area contributed by atoms with Gasteiger partial charge in [0.1, 0.15) is 0 Å². The zero-order chi connectivity index (χ0) is 14.4. The molecule has 1 amide bonds. The molecule has 2 rings (SSSR count). The fourth-order valence-electron chi connectivity index (χ4n) is 1.68. The van der Waals surface area contributed by atoms with Crippen LogP contribution in [0.25, 0.3) is 0 Å². The van der Waals surface area contributed by atoms with Crippen LogP contribution in [0.5, 0.6) is 0 Å². The van der Waals surface area contributed by atoms with Crippen LogP contribution in [-0.4, -0.2) is 56.0 Å². The molecule has 2 heterocycles. The van der Waals surface area contributed by atoms with Gasteiger partial charge in [0.2, 0.25) is 0 Å². The van der Waals surface area contributed by atoms with Crippen molar-refractivity contribution < 1.29 is 23.1 Å². The van der Waals surface area contributed by atoms with Gasteiger partial charge >= 0.3 is 5.97 Å². The molecule has 1 aliphatic heterocycles. The molecule has 0 radical (unpaired) electrons. The van der Waals surface area contributed by atoms with Gasteiger partial charge in [0.25, 0.3) is 15.9 Å². The van der Waals surface area contributed by atoms with Gasteiger partial charge in [-0.1, -0.05) is 5.21 Å². The highest BCUT2D eigenvalue weighted by molar-refractivity contribution is 7.94. The minimum Gasteiger partial charge on any atom is -0.476 e. The molecule has 9 nitrogen and oxygen atoms in total. The number of aromatic nitrogens is 3. The predicted octanol–water partition coefficient (Wildman–Crippen LogP) is -1.07. The van der Waals surface area contributed by atoms with Gasteiger partial charge in [0.15, 0.2) is 10.4 Å². The summed E-state index contributed by atoms with van der Waals surface area (Å²) in [6.07, 6.45) is 1.17. The lowest BCUT2D eigenvalue weighted by molar-refractivity contribution is -0.132. The Morgan fingerprint density at radius 1 is 1.42 bits per heavy atom. The number of carbonyl (C=O) groups excluding carboxylic acids is 1. The van der Waals surface area contributed by atoms with Crippen LogP contribution in [0.3, 0.4) is 0 Å². The fraction of sp³-hybridized carbons (Fsp3) is 0.556. The molecule has 0 unspecified atom stereocenters. The molecule has 0 atom stereocenters. The van der Waals surface area contributed by atoms with Gasteiger partial charge in [-0.25, -0.2) is 22.2 Å². The Labute approximate surface area is 108 Å². The second-order valence-electron chi connectivity index (χ2n) is 4.56. The van der Waals surface area contributed by atoms with Crippen LogP contribution in [0.1, 0.15) is 24.3 Å². The summed E-state index contributed by atoms with van der Waals surface area (Å²) in [5.41, 5.74) is -0.238. The van der Waals surface area contributed by atoms with E-state index in [0.29, 0.717) is 0 Å². The molecule has 1 aromatic rings. The molecule has 1 fully saturated rings. The van der Waals surface area contributed by atoms with Crippen molar-refractivity contribution in [3.05, 3.63) is 11.9 Å². The monoisotopic (exact) mass is 288 g/mol. The number of aromatic carboxylic acids is 1. The Morgan fingerprint density at radius 2 is 2.05 bits per heavy atom. The number of hydrogen-bond donors (Lipinski definition) is 1. The van der Waals surface area contributed by atoms with E-state index in [1.807, 2.05) is 0 Å². The maximum Gasteiger partial charge on any atom is 0.358 e. The molecule has 104 valence electrons. The molecule has 0 bridgehead atoms. The second-order valence-corrected chi connectivity index (χ2v) is 6.98. The van der Waals surface area contributed by atoms with E-state index in [1.54, 1.807) is 0 Å². The summed E-state index contributed by atoms with van der Waals surface area (Å²) in [6, 6.07) is 0. The minimum atomic E-state index is -3.62. The van der Waals surface area contributed by atoms with E-state index in [2.05, 4.69) is 10.3 Å². The van der Waals surface area contributed by atoms with E-state index >= 15 is 0 Å². The van der Waals surface area contributed by atoms with Crippen LogP contribution < -0.4 is 0 Å². The van der Waals surface area contributed by atoms with E-state index in [0.717, 1.165) is 4.31 Å². The van der Waals surface area contributed by atoms with Gasteiger partial charge in [0, 0.05) is 0 Å². The first-order chi connectivity index (χ1) is 8.68. The molecule has 1 saturated heterocycles. The highest BCUT2D eigenvalue weighted by Gasteiger charge is 2.59. The van der Waals surface area contributed by atoms with E-state index in [1.165, 1.54) is 24.7 Å². The highest BCUT2D eigenvalue weighted by atomic mass is 32.2. The first kappa shape index (κ1) is 13.5. The summed E-state index contributed by atoms with van der Waals surface area (Å²) in [6.45, 7) is 2.66. The summed E-state index contributed by atoms with van der Waals surface area (Å²) in [5, 5.41) is 15.6. The van der Waals surface area contributed by atoms with Gasteiger partial charge < -0.3 is 5.11 Å². The molecule has 1 N–H and O–H groups in total. The average Bonchev–Trinajstić information content (AvgIpc) is 2.77. The lowest BCUT2D eigenvalue weighted by Gasteiger charge is -2.42. The van der Waals surface area contributed by atoms with Crippen molar-refractivity contribution in [2.45, 2.75) is 25.1 Å². The lowest BCUT2D eigenvalue weighted by atomic mass is 10.2. The molecular formula is C9H12N4O5S. The number of amides is 1. The predicted molar refractivity (Wildman–Crippen MR) is 61.7 cm³/mol. The molecule has 1 aliphatic rings. The van der Waals surface area contributed by atoms with Crippen LogP contribution in [0.4, 0.5) is 0 Å². The van der Waals surface area contributed by atoms with Crippen LogP contribution >= 0.6 is 0 Å². The van der Waals surface area contributed by atoms with E-state index in [-0.39, 0.29) is 18.8 Å². The summed E-state index contributed by atoms with van der Waals surface area (Å²) < 4.78 is 24.1. The number of carboxylic acids is 1. The van der Waals surface area contributed by atoms with Gasteiger partial charge in [-0.15, -0.1) is 5.10 Å². The Balaban J connectivity index is 2.04. The SMILES string of the molecule is CC1(C)C(=O)N(CCn2cc(C(=O)O)nn2)S1(=O)=O. The molecule has 0 saturated carbocycles. The summed E-state index contributed by atoms with van der Waals surface area (Å²) in [4.78, 5) is 22.2. The third-order valence-corrected chi connectivity index (χ3v) is 5.36. The second kappa shape index (κ2) is 4.02. The van der Waals surface area contributed by atoms with Gasteiger partial charge in [-0.2, -0.15) is 0 Å². The van der Waals surface area contributed by atoms with Crippen molar-refractivity contribution in [1.82, 2.24) is 19.3 Å². The normalized spacial score (nSPS) is 20.1. The molecule has 0 spiro atoms. The first-order valence-corrected chi connectivity index (χ1v) is 6.82. The first-order valence-electron chi connectivity index (χ1n) is 5.38. The zero-order valence-electron chi connectivity index (χ0n) is 10.3. The fourth-order valence-corrected chi connectivity index (χ4v) is 3.20. The van der Waals surface area contributed by atoms with Crippen molar-refractivity contribution in [3.8, 4) is 0 Å². The molecule has 1 aromatic heterocycles. The maximum absolute atomic E-state index is 11.8. The Morgan fingerprint density at radius 3 is 2.53 bits per heavy atom. The van der Waals surface area contributed by atoms with Crippen LogP contribution in [-0.2, 0) is 21.4 Å². The summed E-state index contributed by atoms with van der Waals surface area (Å²) >= 11 is 0. The van der Waals surface area contributed by atoms with Crippen molar-refractivity contribution >= 4 is 21.9 Å². The summed E-state index contributed by atoms with van der Waals surface area (Å²) in [5.74, 6) is -1.70. The third kappa shape index (κ3) is 1.87. The highest BCUT2D eigenvalue weighted by Crippen LogP contribution is 2.34. The molecule has 19 heavy (non-hydrogen) atoms. The number of rotatable bonds is 4. The molecular weight excluding hydrogens is 276 g/mol. The van der Waals surface area contributed by atoms with Gasteiger partial charge in [0.05, 0.1) is 19.3 Å². The zero-order valence-corrected chi connectivity index (χ0v) is 11.1. The number of sulfonamides is 1.